The van der Waals surface area contributed by atoms with Crippen LogP contribution >= 0.6 is 11.3 Å². The van der Waals surface area contributed by atoms with Crippen molar-refractivity contribution in [1.82, 2.24) is 9.71 Å². The lowest BCUT2D eigenvalue weighted by molar-refractivity contribution is 0.0687. The molecule has 0 saturated carbocycles. The van der Waals surface area contributed by atoms with Gasteiger partial charge >= 0.3 is 5.97 Å². The predicted molar refractivity (Wildman–Crippen MR) is 77.0 cm³/mol. The second kappa shape index (κ2) is 5.21. The molecule has 21 heavy (non-hydrogen) atoms. The molecule has 0 bridgehead atoms. The molecule has 0 radical (unpaired) electrons. The SMILES string of the molecule is O=C(O)c1ncsc1S(=O)(=O)NC1Cc2ccccc2C1. The molecule has 0 saturated heterocycles. The number of nitrogens with zero attached hydrogens (tertiary/aromatic N) is 1. The number of thiazole rings is 1. The topological polar surface area (TPSA) is 96.4 Å². The fourth-order valence-corrected chi connectivity index (χ4v) is 4.88. The molecule has 1 aromatic carbocycles. The standard InChI is InChI=1S/C13H12N2O4S2/c16-12(17)11-13(20-7-14-11)21(18,19)15-10-5-8-3-1-2-4-9(8)6-10/h1-4,7,10,15H,5-6H2,(H,16,17). The number of hydrogen-bond acceptors (Lipinski definition) is 5. The Kier molecular flexibility index (Phi) is 3.52. The Morgan fingerprint density at radius 3 is 2.48 bits per heavy atom. The van der Waals surface area contributed by atoms with E-state index in [1.54, 1.807) is 0 Å². The van der Waals surface area contributed by atoms with Crippen molar-refractivity contribution < 1.29 is 18.3 Å². The molecule has 2 N–H and O–H groups in total. The van der Waals surface area contributed by atoms with E-state index in [0.717, 1.165) is 22.5 Å². The summed E-state index contributed by atoms with van der Waals surface area (Å²) in [7, 11) is -3.87. The zero-order valence-corrected chi connectivity index (χ0v) is 12.4. The van der Waals surface area contributed by atoms with Gasteiger partial charge in [-0.25, -0.2) is 22.9 Å². The third-order valence-electron chi connectivity index (χ3n) is 3.35. The highest BCUT2D eigenvalue weighted by Crippen LogP contribution is 2.25. The molecule has 0 spiro atoms. The van der Waals surface area contributed by atoms with Gasteiger partial charge in [0.2, 0.25) is 0 Å². The summed E-state index contributed by atoms with van der Waals surface area (Å²) >= 11 is 0.810. The number of carboxylic acid groups (broad SMARTS) is 1. The Morgan fingerprint density at radius 2 is 1.90 bits per heavy atom. The summed E-state index contributed by atoms with van der Waals surface area (Å²) in [6.07, 6.45) is 1.22. The molecule has 0 aliphatic heterocycles. The summed E-state index contributed by atoms with van der Waals surface area (Å²) in [5.41, 5.74) is 3.03. The third kappa shape index (κ3) is 2.69. The molecule has 1 aliphatic rings. The number of nitrogens with one attached hydrogen (secondary N) is 1. The van der Waals surface area contributed by atoms with E-state index in [9.17, 15) is 13.2 Å². The number of sulfonamides is 1. The maximum absolute atomic E-state index is 12.3. The number of fused-ring (bicyclic) bond motifs is 1. The maximum atomic E-state index is 12.3. The van der Waals surface area contributed by atoms with Crippen molar-refractivity contribution in [3.8, 4) is 0 Å². The maximum Gasteiger partial charge on any atom is 0.356 e. The minimum absolute atomic E-state index is 0.244. The Balaban J connectivity index is 1.82. The summed E-state index contributed by atoms with van der Waals surface area (Å²) in [5.74, 6) is -1.34. The highest BCUT2D eigenvalue weighted by atomic mass is 32.2. The largest absolute Gasteiger partial charge is 0.476 e. The number of aromatic carboxylic acids is 1. The van der Waals surface area contributed by atoms with Crippen LogP contribution in [-0.2, 0) is 22.9 Å². The van der Waals surface area contributed by atoms with Gasteiger partial charge in [-0.05, 0) is 24.0 Å². The average Bonchev–Trinajstić information content (AvgIpc) is 3.04. The first-order valence-electron chi connectivity index (χ1n) is 6.23. The number of carbonyl (C=O) groups is 1. The van der Waals surface area contributed by atoms with Crippen LogP contribution in [0.3, 0.4) is 0 Å². The first kappa shape index (κ1) is 14.2. The molecule has 3 rings (SSSR count). The fraction of sp³-hybridized carbons (Fsp3) is 0.231. The first-order valence-corrected chi connectivity index (χ1v) is 8.59. The summed E-state index contributed by atoms with van der Waals surface area (Å²) in [4.78, 5) is 14.6. The second-order valence-corrected chi connectivity index (χ2v) is 7.55. The van der Waals surface area contributed by atoms with Crippen molar-refractivity contribution in [2.24, 2.45) is 0 Å². The molecule has 2 aromatic rings. The molecule has 0 fully saturated rings. The van der Waals surface area contributed by atoms with Crippen LogP contribution in [0.5, 0.6) is 0 Å². The molecule has 6 nitrogen and oxygen atoms in total. The van der Waals surface area contributed by atoms with Gasteiger partial charge < -0.3 is 5.11 Å². The van der Waals surface area contributed by atoms with Gasteiger partial charge in [-0.1, -0.05) is 24.3 Å². The van der Waals surface area contributed by atoms with E-state index in [4.69, 9.17) is 5.11 Å². The van der Waals surface area contributed by atoms with Crippen LogP contribution in [-0.4, -0.2) is 30.5 Å². The quantitative estimate of drug-likeness (QED) is 0.883. The van der Waals surface area contributed by atoms with Gasteiger partial charge in [-0.2, -0.15) is 0 Å². The number of aromatic nitrogens is 1. The lowest BCUT2D eigenvalue weighted by Gasteiger charge is -2.11. The first-order chi connectivity index (χ1) is 9.97. The van der Waals surface area contributed by atoms with Crippen LogP contribution in [0.1, 0.15) is 21.6 Å². The highest BCUT2D eigenvalue weighted by molar-refractivity contribution is 7.91. The lowest BCUT2D eigenvalue weighted by Crippen LogP contribution is -2.35. The van der Waals surface area contributed by atoms with Crippen molar-refractivity contribution in [1.29, 1.82) is 0 Å². The van der Waals surface area contributed by atoms with E-state index in [1.807, 2.05) is 24.3 Å². The van der Waals surface area contributed by atoms with E-state index >= 15 is 0 Å². The molecule has 1 heterocycles. The molecule has 1 aliphatic carbocycles. The van der Waals surface area contributed by atoms with Crippen LogP contribution in [0, 0.1) is 0 Å². The van der Waals surface area contributed by atoms with Crippen LogP contribution in [0.2, 0.25) is 0 Å². The van der Waals surface area contributed by atoms with Crippen LogP contribution in [0.15, 0.2) is 34.0 Å². The minimum atomic E-state index is -3.87. The van der Waals surface area contributed by atoms with E-state index in [1.165, 1.54) is 5.51 Å². The zero-order chi connectivity index (χ0) is 15.0. The molecule has 8 heteroatoms. The number of hydrogen-bond donors (Lipinski definition) is 2. The molecule has 110 valence electrons. The van der Waals surface area contributed by atoms with Gasteiger partial charge in [-0.3, -0.25) is 0 Å². The van der Waals surface area contributed by atoms with Crippen molar-refractivity contribution in [3.05, 3.63) is 46.6 Å². The van der Waals surface area contributed by atoms with E-state index in [0.29, 0.717) is 12.8 Å². The van der Waals surface area contributed by atoms with Crippen molar-refractivity contribution in [2.45, 2.75) is 23.1 Å². The monoisotopic (exact) mass is 324 g/mol. The van der Waals surface area contributed by atoms with Crippen molar-refractivity contribution in [2.75, 3.05) is 0 Å². The Labute approximate surface area is 125 Å². The van der Waals surface area contributed by atoms with E-state index < -0.39 is 21.7 Å². The number of carboxylic acids is 1. The van der Waals surface area contributed by atoms with E-state index in [-0.39, 0.29) is 10.3 Å². The average molecular weight is 324 g/mol. The zero-order valence-electron chi connectivity index (χ0n) is 10.8. The third-order valence-corrected chi connectivity index (χ3v) is 6.24. The van der Waals surface area contributed by atoms with Crippen molar-refractivity contribution in [3.63, 3.8) is 0 Å². The van der Waals surface area contributed by atoms with Gasteiger partial charge in [0.1, 0.15) is 0 Å². The molecule has 0 atom stereocenters. The van der Waals surface area contributed by atoms with Gasteiger partial charge in [0.05, 0.1) is 5.51 Å². The predicted octanol–water partition coefficient (Wildman–Crippen LogP) is 1.29. The molecular formula is C13H12N2O4S2. The van der Waals surface area contributed by atoms with E-state index in [2.05, 4.69) is 9.71 Å². The Morgan fingerprint density at radius 1 is 1.29 bits per heavy atom. The van der Waals surface area contributed by atoms with Gasteiger partial charge in [-0.15, -0.1) is 11.3 Å². The Hall–Kier alpha value is -1.77. The normalized spacial score (nSPS) is 15.0. The molecule has 0 unspecified atom stereocenters. The number of benzene rings is 1. The highest BCUT2D eigenvalue weighted by Gasteiger charge is 2.30. The minimum Gasteiger partial charge on any atom is -0.476 e. The summed E-state index contributed by atoms with van der Waals surface area (Å²) in [6, 6.07) is 7.53. The van der Waals surface area contributed by atoms with Gasteiger partial charge in [0, 0.05) is 6.04 Å². The van der Waals surface area contributed by atoms with Gasteiger partial charge in [0.15, 0.2) is 9.90 Å². The molecule has 1 aromatic heterocycles. The summed E-state index contributed by atoms with van der Waals surface area (Å²) in [6.45, 7) is 0. The van der Waals surface area contributed by atoms with Crippen LogP contribution in [0.4, 0.5) is 0 Å². The lowest BCUT2D eigenvalue weighted by atomic mass is 10.1. The smallest absolute Gasteiger partial charge is 0.356 e. The summed E-state index contributed by atoms with van der Waals surface area (Å²) < 4.78 is 27.0. The fourth-order valence-electron chi connectivity index (χ4n) is 2.48. The molecular weight excluding hydrogens is 312 g/mol. The number of rotatable bonds is 4. The van der Waals surface area contributed by atoms with Crippen LogP contribution in [0.25, 0.3) is 0 Å². The Bertz CT molecular complexity index is 773. The summed E-state index contributed by atoms with van der Waals surface area (Å²) in [5, 5.41) is 8.97. The van der Waals surface area contributed by atoms with Crippen molar-refractivity contribution >= 4 is 27.3 Å². The molecule has 0 amide bonds. The van der Waals surface area contributed by atoms with Crippen LogP contribution < -0.4 is 4.72 Å². The second-order valence-electron chi connectivity index (χ2n) is 4.79. The van der Waals surface area contributed by atoms with Gasteiger partial charge in [0.25, 0.3) is 10.0 Å².